The van der Waals surface area contributed by atoms with Crippen LogP contribution in [0.5, 0.6) is 5.75 Å². The summed E-state index contributed by atoms with van der Waals surface area (Å²) in [6, 6.07) is 8.93. The molecular weight excluding hydrogens is 420 g/mol. The molecule has 2 aliphatic rings. The van der Waals surface area contributed by atoms with Crippen molar-refractivity contribution in [2.45, 2.75) is 32.0 Å². The van der Waals surface area contributed by atoms with Crippen LogP contribution < -0.4 is 4.74 Å². The van der Waals surface area contributed by atoms with Crippen LogP contribution >= 0.6 is 0 Å². The number of hydrogen-bond donors (Lipinski definition) is 1. The van der Waals surface area contributed by atoms with E-state index in [1.165, 1.54) is 25.0 Å². The predicted octanol–water partition coefficient (Wildman–Crippen LogP) is 3.35. The number of rotatable bonds is 4. The Morgan fingerprint density at radius 1 is 1.09 bits per heavy atom. The Labute approximate surface area is 184 Å². The predicted molar refractivity (Wildman–Crippen MR) is 111 cm³/mol. The molecule has 2 fully saturated rings. The van der Waals surface area contributed by atoms with Crippen LogP contribution in [0, 0.1) is 30.4 Å². The molecule has 4 atom stereocenters. The van der Waals surface area contributed by atoms with Crippen molar-refractivity contribution in [1.82, 2.24) is 4.90 Å². The van der Waals surface area contributed by atoms with Gasteiger partial charge in [-0.2, -0.15) is 0 Å². The smallest absolute Gasteiger partial charge is 0.337 e. The maximum Gasteiger partial charge on any atom is 0.337 e. The third kappa shape index (κ3) is 4.19. The molecule has 2 aromatic carbocycles. The van der Waals surface area contributed by atoms with E-state index >= 15 is 0 Å². The average molecular weight is 445 g/mol. The van der Waals surface area contributed by atoms with Crippen LogP contribution in [-0.2, 0) is 4.74 Å². The first-order valence-electron chi connectivity index (χ1n) is 10.6. The summed E-state index contributed by atoms with van der Waals surface area (Å²) < 4.78 is 39.3. The summed E-state index contributed by atoms with van der Waals surface area (Å²) in [6.07, 6.45) is -0.391. The van der Waals surface area contributed by atoms with E-state index in [1.54, 1.807) is 24.3 Å². The number of amides is 1. The number of likely N-dealkylation sites (tertiary alicyclic amines) is 1. The number of esters is 1. The Kier molecular flexibility index (Phi) is 6.15. The second-order valence-electron chi connectivity index (χ2n) is 8.50. The van der Waals surface area contributed by atoms with Crippen molar-refractivity contribution in [2.75, 3.05) is 20.2 Å². The SMILES string of the molecule is COC(=O)c1cccc(O[C@@H]2C[C@@H]3CN(C(=O)c4c(F)ccc(C)c4F)C[C@@H]3C[C@H]2O)c1. The number of benzene rings is 2. The third-order valence-corrected chi connectivity index (χ3v) is 6.41. The number of hydrogen-bond acceptors (Lipinski definition) is 5. The van der Waals surface area contributed by atoms with E-state index in [9.17, 15) is 23.5 Å². The van der Waals surface area contributed by atoms with Gasteiger partial charge in [0.2, 0.25) is 0 Å². The number of carbonyl (C=O) groups is 2. The van der Waals surface area contributed by atoms with E-state index in [4.69, 9.17) is 9.47 Å². The molecule has 1 heterocycles. The number of aryl methyl sites for hydroxylation is 1. The van der Waals surface area contributed by atoms with Crippen molar-refractivity contribution in [1.29, 1.82) is 0 Å². The summed E-state index contributed by atoms with van der Waals surface area (Å²) >= 11 is 0. The van der Waals surface area contributed by atoms with E-state index in [-0.39, 0.29) is 17.4 Å². The molecule has 0 aromatic heterocycles. The second kappa shape index (κ2) is 8.86. The van der Waals surface area contributed by atoms with Gasteiger partial charge in [-0.15, -0.1) is 0 Å². The lowest BCUT2D eigenvalue weighted by Crippen LogP contribution is -2.42. The normalized spacial score (nSPS) is 24.7. The molecule has 0 bridgehead atoms. The fraction of sp³-hybridized carbons (Fsp3) is 0.417. The lowest BCUT2D eigenvalue weighted by atomic mass is 9.78. The Morgan fingerprint density at radius 3 is 2.53 bits per heavy atom. The lowest BCUT2D eigenvalue weighted by Gasteiger charge is -2.35. The highest BCUT2D eigenvalue weighted by Crippen LogP contribution is 2.39. The van der Waals surface area contributed by atoms with Gasteiger partial charge in [0, 0.05) is 13.1 Å². The van der Waals surface area contributed by atoms with Gasteiger partial charge in [-0.05, 0) is 61.4 Å². The lowest BCUT2D eigenvalue weighted by molar-refractivity contribution is -0.0231. The van der Waals surface area contributed by atoms with Crippen molar-refractivity contribution in [2.24, 2.45) is 11.8 Å². The van der Waals surface area contributed by atoms with Gasteiger partial charge in [0.15, 0.2) is 0 Å². The molecule has 0 radical (unpaired) electrons. The zero-order valence-electron chi connectivity index (χ0n) is 17.9. The van der Waals surface area contributed by atoms with Gasteiger partial charge in [0.1, 0.15) is 29.1 Å². The highest BCUT2D eigenvalue weighted by molar-refractivity contribution is 5.95. The number of aliphatic hydroxyl groups excluding tert-OH is 1. The monoisotopic (exact) mass is 445 g/mol. The zero-order chi connectivity index (χ0) is 23.0. The number of fused-ring (bicyclic) bond motifs is 1. The van der Waals surface area contributed by atoms with Crippen molar-refractivity contribution in [3.8, 4) is 5.75 Å². The summed E-state index contributed by atoms with van der Waals surface area (Å²) in [5.74, 6) is -2.38. The number of nitrogens with zero attached hydrogens (tertiary/aromatic N) is 1. The van der Waals surface area contributed by atoms with Crippen LogP contribution in [0.2, 0.25) is 0 Å². The van der Waals surface area contributed by atoms with Gasteiger partial charge < -0.3 is 19.5 Å². The van der Waals surface area contributed by atoms with Crippen LogP contribution in [0.4, 0.5) is 8.78 Å². The van der Waals surface area contributed by atoms with E-state index in [1.807, 2.05) is 0 Å². The molecule has 6 nitrogen and oxygen atoms in total. The van der Waals surface area contributed by atoms with Gasteiger partial charge in [-0.3, -0.25) is 4.79 Å². The molecule has 1 aliphatic heterocycles. The molecule has 2 aromatic rings. The van der Waals surface area contributed by atoms with Gasteiger partial charge >= 0.3 is 5.97 Å². The minimum Gasteiger partial charge on any atom is -0.488 e. The highest BCUT2D eigenvalue weighted by atomic mass is 19.1. The van der Waals surface area contributed by atoms with Crippen LogP contribution in [0.3, 0.4) is 0 Å². The Morgan fingerprint density at radius 2 is 1.81 bits per heavy atom. The maximum atomic E-state index is 14.4. The molecule has 0 unspecified atom stereocenters. The first kappa shape index (κ1) is 22.2. The standard InChI is InChI=1S/C24H25F2NO5/c1-13-6-7-18(25)21(22(13)26)23(29)27-11-15-9-19(28)20(10-16(15)12-27)32-17-5-3-4-14(8-17)24(30)31-2/h3-8,15-16,19-20,28H,9-12H2,1-2H3/t15-,16+,19+,20+/m0/s1. The zero-order valence-corrected chi connectivity index (χ0v) is 17.9. The number of aliphatic hydroxyl groups is 1. The molecular formula is C24H25F2NO5. The number of methoxy groups -OCH3 is 1. The average Bonchev–Trinajstić information content (AvgIpc) is 3.19. The number of ether oxygens (including phenoxy) is 2. The van der Waals surface area contributed by atoms with E-state index < -0.39 is 41.3 Å². The molecule has 170 valence electrons. The van der Waals surface area contributed by atoms with E-state index in [0.29, 0.717) is 37.2 Å². The highest BCUT2D eigenvalue weighted by Gasteiger charge is 2.44. The minimum absolute atomic E-state index is 0.0196. The van der Waals surface area contributed by atoms with Crippen LogP contribution in [0.15, 0.2) is 36.4 Å². The summed E-state index contributed by atoms with van der Waals surface area (Å²) in [4.78, 5) is 26.1. The Bertz CT molecular complexity index is 1040. The largest absolute Gasteiger partial charge is 0.488 e. The van der Waals surface area contributed by atoms with Crippen molar-refractivity contribution in [3.05, 3.63) is 64.7 Å². The van der Waals surface area contributed by atoms with Crippen molar-refractivity contribution < 1.29 is 33.0 Å². The molecule has 32 heavy (non-hydrogen) atoms. The Hall–Kier alpha value is -3.00. The minimum atomic E-state index is -0.875. The van der Waals surface area contributed by atoms with E-state index in [2.05, 4.69) is 0 Å². The Balaban J connectivity index is 1.46. The third-order valence-electron chi connectivity index (χ3n) is 6.41. The molecule has 8 heteroatoms. The van der Waals surface area contributed by atoms with E-state index in [0.717, 1.165) is 6.07 Å². The first-order chi connectivity index (χ1) is 15.3. The van der Waals surface area contributed by atoms with Gasteiger partial charge in [0.25, 0.3) is 5.91 Å². The quantitative estimate of drug-likeness (QED) is 0.731. The fourth-order valence-electron chi connectivity index (χ4n) is 4.68. The van der Waals surface area contributed by atoms with Crippen LogP contribution in [-0.4, -0.2) is 54.3 Å². The summed E-state index contributed by atoms with van der Waals surface area (Å²) in [5, 5.41) is 10.6. The second-order valence-corrected chi connectivity index (χ2v) is 8.50. The molecule has 0 spiro atoms. The van der Waals surface area contributed by atoms with Crippen molar-refractivity contribution in [3.63, 3.8) is 0 Å². The molecule has 1 aliphatic carbocycles. The molecule has 1 amide bonds. The molecule has 1 saturated carbocycles. The van der Waals surface area contributed by atoms with Crippen LogP contribution in [0.25, 0.3) is 0 Å². The number of halogens is 2. The molecule has 1 N–H and O–H groups in total. The van der Waals surface area contributed by atoms with Gasteiger partial charge in [0.05, 0.1) is 18.8 Å². The number of carbonyl (C=O) groups excluding carboxylic acids is 2. The van der Waals surface area contributed by atoms with Gasteiger partial charge in [-0.1, -0.05) is 12.1 Å². The van der Waals surface area contributed by atoms with Crippen LogP contribution in [0.1, 0.15) is 39.1 Å². The molecule has 4 rings (SSSR count). The summed E-state index contributed by atoms with van der Waals surface area (Å²) in [7, 11) is 1.29. The topological polar surface area (TPSA) is 76.1 Å². The maximum absolute atomic E-state index is 14.4. The van der Waals surface area contributed by atoms with Crippen molar-refractivity contribution >= 4 is 11.9 Å². The fourth-order valence-corrected chi connectivity index (χ4v) is 4.68. The van der Waals surface area contributed by atoms with Gasteiger partial charge in [-0.25, -0.2) is 13.6 Å². The molecule has 1 saturated heterocycles. The summed E-state index contributed by atoms with van der Waals surface area (Å²) in [6.45, 7) is 2.16. The first-order valence-corrected chi connectivity index (χ1v) is 10.6. The summed E-state index contributed by atoms with van der Waals surface area (Å²) in [5.41, 5.74) is 0.0223.